The number of amides is 2. The zero-order valence-corrected chi connectivity index (χ0v) is 19.1. The van der Waals surface area contributed by atoms with Crippen LogP contribution in [-0.2, 0) is 11.3 Å². The molecule has 0 saturated carbocycles. The molecule has 1 aromatic carbocycles. The van der Waals surface area contributed by atoms with Crippen LogP contribution in [0.5, 0.6) is 11.6 Å². The van der Waals surface area contributed by atoms with Crippen molar-refractivity contribution in [1.29, 1.82) is 0 Å². The van der Waals surface area contributed by atoms with Gasteiger partial charge in [0, 0.05) is 42.4 Å². The van der Waals surface area contributed by atoms with Gasteiger partial charge < -0.3 is 24.8 Å². The molecule has 1 aliphatic rings. The van der Waals surface area contributed by atoms with E-state index in [4.69, 9.17) is 19.2 Å². The molecule has 2 amide bonds. The minimum absolute atomic E-state index is 0.101. The molecular weight excluding hydrogens is 432 g/mol. The van der Waals surface area contributed by atoms with Crippen LogP contribution in [0.3, 0.4) is 0 Å². The third-order valence-corrected chi connectivity index (χ3v) is 5.72. The fourth-order valence-corrected chi connectivity index (χ4v) is 4.13. The van der Waals surface area contributed by atoms with Crippen molar-refractivity contribution in [3.05, 3.63) is 29.8 Å². The number of ether oxygens (including phenoxy) is 3. The van der Waals surface area contributed by atoms with Gasteiger partial charge >= 0.3 is 6.03 Å². The third-order valence-electron chi connectivity index (χ3n) is 4.97. The van der Waals surface area contributed by atoms with E-state index in [1.165, 1.54) is 11.3 Å². The Labute approximate surface area is 190 Å². The Hall–Kier alpha value is -3.31. The normalized spacial score (nSPS) is 13.3. The van der Waals surface area contributed by atoms with Crippen LogP contribution in [0.15, 0.2) is 29.8 Å². The fraction of sp³-hybridized carbons (Fsp3) is 0.381. The number of aromatic nitrogens is 3. The van der Waals surface area contributed by atoms with Crippen molar-refractivity contribution in [2.45, 2.75) is 13.5 Å². The molecule has 0 radical (unpaired) electrons. The van der Waals surface area contributed by atoms with Crippen LogP contribution in [0.2, 0.25) is 0 Å². The van der Waals surface area contributed by atoms with Crippen LogP contribution in [-0.4, -0.2) is 61.3 Å². The number of hydrogen-bond donors (Lipinski definition) is 2. The molecule has 10 nitrogen and oxygen atoms in total. The Morgan fingerprint density at radius 3 is 2.88 bits per heavy atom. The molecule has 0 atom stereocenters. The topological polar surface area (TPSA) is 103 Å². The number of thiazole rings is 1. The Morgan fingerprint density at radius 1 is 1.28 bits per heavy atom. The molecule has 0 unspecified atom stereocenters. The summed E-state index contributed by atoms with van der Waals surface area (Å²) in [6.45, 7) is 5.11. The minimum Gasteiger partial charge on any atom is -0.496 e. The molecular formula is C21H26N6O4S. The summed E-state index contributed by atoms with van der Waals surface area (Å²) in [5.41, 5.74) is 3.14. The summed E-state index contributed by atoms with van der Waals surface area (Å²) in [5.74, 6) is 1.14. The van der Waals surface area contributed by atoms with Crippen LogP contribution in [0.4, 0.5) is 21.3 Å². The standard InChI is InChI=1S/C21H26N6O4S/c1-4-31-10-9-26-12-16(19(25-26)30-3)23-20-24-17(13-32-20)15-6-5-14(11-18(15)29-2)27-8-7-22-21(27)28/h5-6,11-13H,4,7-10H2,1-3H3,(H,22,28)(H,23,24). The number of hydrogen-bond acceptors (Lipinski definition) is 8. The van der Waals surface area contributed by atoms with Crippen molar-refractivity contribution in [3.63, 3.8) is 0 Å². The first-order valence-electron chi connectivity index (χ1n) is 10.3. The Balaban J connectivity index is 1.52. The highest BCUT2D eigenvalue weighted by atomic mass is 32.1. The predicted octanol–water partition coefficient (Wildman–Crippen LogP) is 3.33. The second-order valence-corrected chi connectivity index (χ2v) is 7.80. The Morgan fingerprint density at radius 2 is 2.16 bits per heavy atom. The number of nitrogens with one attached hydrogen (secondary N) is 2. The summed E-state index contributed by atoms with van der Waals surface area (Å²) < 4.78 is 18.1. The number of urea groups is 1. The van der Waals surface area contributed by atoms with E-state index in [9.17, 15) is 4.79 Å². The van der Waals surface area contributed by atoms with Gasteiger partial charge in [0.25, 0.3) is 5.88 Å². The van der Waals surface area contributed by atoms with Crippen molar-refractivity contribution in [2.24, 2.45) is 0 Å². The number of nitrogens with zero attached hydrogens (tertiary/aromatic N) is 4. The summed E-state index contributed by atoms with van der Waals surface area (Å²) >= 11 is 1.47. The van der Waals surface area contributed by atoms with Gasteiger partial charge in [-0.3, -0.25) is 9.58 Å². The van der Waals surface area contributed by atoms with Crippen molar-refractivity contribution in [1.82, 2.24) is 20.1 Å². The Bertz CT molecular complexity index is 1080. The molecule has 2 N–H and O–H groups in total. The van der Waals surface area contributed by atoms with Gasteiger partial charge in [-0.1, -0.05) is 0 Å². The molecule has 3 aromatic rings. The van der Waals surface area contributed by atoms with Crippen LogP contribution >= 0.6 is 11.3 Å². The first kappa shape index (κ1) is 21.9. The van der Waals surface area contributed by atoms with Crippen molar-refractivity contribution in [3.8, 4) is 22.9 Å². The van der Waals surface area contributed by atoms with Crippen LogP contribution < -0.4 is 25.0 Å². The zero-order valence-electron chi connectivity index (χ0n) is 18.3. The average molecular weight is 459 g/mol. The van der Waals surface area contributed by atoms with Gasteiger partial charge in [-0.05, 0) is 19.1 Å². The summed E-state index contributed by atoms with van der Waals surface area (Å²) in [5, 5.41) is 13.2. The van der Waals surface area contributed by atoms with Crippen molar-refractivity contribution < 1.29 is 19.0 Å². The maximum atomic E-state index is 12.0. The van der Waals surface area contributed by atoms with E-state index in [2.05, 4.69) is 15.7 Å². The molecule has 0 bridgehead atoms. The maximum absolute atomic E-state index is 12.0. The average Bonchev–Trinajstić information content (AvgIpc) is 3.54. The van der Waals surface area contributed by atoms with Crippen molar-refractivity contribution >= 4 is 33.9 Å². The molecule has 0 aliphatic carbocycles. The number of carbonyl (C=O) groups excluding carboxylic acids is 1. The quantitative estimate of drug-likeness (QED) is 0.449. The van der Waals surface area contributed by atoms with E-state index in [-0.39, 0.29) is 6.03 Å². The van der Waals surface area contributed by atoms with Gasteiger partial charge in [-0.25, -0.2) is 9.78 Å². The molecule has 170 valence electrons. The summed E-state index contributed by atoms with van der Waals surface area (Å²) in [4.78, 5) is 18.4. The number of rotatable bonds is 10. The summed E-state index contributed by atoms with van der Waals surface area (Å²) in [6, 6.07) is 5.58. The SMILES string of the molecule is CCOCCn1cc(Nc2nc(-c3ccc(N4CCNC4=O)cc3OC)cs2)c(OC)n1. The Kier molecular flexibility index (Phi) is 6.76. The van der Waals surface area contributed by atoms with Gasteiger partial charge in [0.2, 0.25) is 0 Å². The number of benzene rings is 1. The van der Waals surface area contributed by atoms with E-state index in [1.54, 1.807) is 23.8 Å². The minimum atomic E-state index is -0.101. The molecule has 1 saturated heterocycles. The lowest BCUT2D eigenvalue weighted by molar-refractivity contribution is 0.136. The van der Waals surface area contributed by atoms with Gasteiger partial charge in [-0.2, -0.15) is 0 Å². The van der Waals surface area contributed by atoms with E-state index in [1.807, 2.05) is 36.7 Å². The first-order valence-corrected chi connectivity index (χ1v) is 11.2. The summed E-state index contributed by atoms with van der Waals surface area (Å²) in [6.07, 6.45) is 1.87. The van der Waals surface area contributed by atoms with Crippen molar-refractivity contribution in [2.75, 3.05) is 50.7 Å². The van der Waals surface area contributed by atoms with Crippen LogP contribution in [0.1, 0.15) is 6.92 Å². The molecule has 2 aromatic heterocycles. The van der Waals surface area contributed by atoms with Gasteiger partial charge in [-0.15, -0.1) is 16.4 Å². The highest BCUT2D eigenvalue weighted by molar-refractivity contribution is 7.14. The highest BCUT2D eigenvalue weighted by Crippen LogP contribution is 2.36. The van der Waals surface area contributed by atoms with E-state index in [0.29, 0.717) is 49.6 Å². The molecule has 11 heteroatoms. The lowest BCUT2D eigenvalue weighted by atomic mass is 10.1. The highest BCUT2D eigenvalue weighted by Gasteiger charge is 2.22. The van der Waals surface area contributed by atoms with Crippen LogP contribution in [0.25, 0.3) is 11.3 Å². The monoisotopic (exact) mass is 458 g/mol. The molecule has 1 fully saturated rings. The van der Waals surface area contributed by atoms with Gasteiger partial charge in [0.05, 0.1) is 39.3 Å². The van der Waals surface area contributed by atoms with Crippen LogP contribution in [0, 0.1) is 0 Å². The number of methoxy groups -OCH3 is 2. The largest absolute Gasteiger partial charge is 0.496 e. The fourth-order valence-electron chi connectivity index (χ4n) is 3.40. The lowest BCUT2D eigenvalue weighted by Gasteiger charge is -2.16. The lowest BCUT2D eigenvalue weighted by Crippen LogP contribution is -2.27. The third kappa shape index (κ3) is 4.63. The second-order valence-electron chi connectivity index (χ2n) is 6.94. The molecule has 0 spiro atoms. The zero-order chi connectivity index (χ0) is 22.5. The van der Waals surface area contributed by atoms with E-state index < -0.39 is 0 Å². The molecule has 3 heterocycles. The number of carbonyl (C=O) groups is 1. The predicted molar refractivity (Wildman–Crippen MR) is 123 cm³/mol. The summed E-state index contributed by atoms with van der Waals surface area (Å²) in [7, 11) is 3.19. The second kappa shape index (κ2) is 9.88. The van der Waals surface area contributed by atoms with Gasteiger partial charge in [0.15, 0.2) is 5.13 Å². The van der Waals surface area contributed by atoms with Gasteiger partial charge in [0.1, 0.15) is 11.4 Å². The number of anilines is 3. The molecule has 1 aliphatic heterocycles. The smallest absolute Gasteiger partial charge is 0.321 e. The van der Waals surface area contributed by atoms with E-state index in [0.717, 1.165) is 22.6 Å². The molecule has 32 heavy (non-hydrogen) atoms. The first-order chi connectivity index (χ1) is 15.6. The van der Waals surface area contributed by atoms with E-state index >= 15 is 0 Å². The maximum Gasteiger partial charge on any atom is 0.321 e. The molecule has 4 rings (SSSR count).